The van der Waals surface area contributed by atoms with Gasteiger partial charge in [0.1, 0.15) is 6.29 Å². The molecular formula is C7H11NO2. The Balaban J connectivity index is 1.77. The smallest absolute Gasteiger partial charge is 0.133 e. The van der Waals surface area contributed by atoms with Gasteiger partial charge in [0.15, 0.2) is 0 Å². The molecule has 0 bridgehead atoms. The van der Waals surface area contributed by atoms with Gasteiger partial charge in [0.05, 0.1) is 19.8 Å². The molecule has 3 nitrogen and oxygen atoms in total. The van der Waals surface area contributed by atoms with Crippen LogP contribution in [0.25, 0.3) is 0 Å². The number of carbonyl (C=O) groups is 1. The van der Waals surface area contributed by atoms with E-state index in [9.17, 15) is 4.79 Å². The van der Waals surface area contributed by atoms with Crippen LogP contribution in [0.1, 0.15) is 0 Å². The number of ether oxygens (including phenoxy) is 1. The van der Waals surface area contributed by atoms with Gasteiger partial charge in [-0.1, -0.05) is 0 Å². The molecular weight excluding hydrogens is 130 g/mol. The van der Waals surface area contributed by atoms with Crippen molar-refractivity contribution < 1.29 is 9.53 Å². The number of aldehydes is 1. The molecule has 2 fully saturated rings. The van der Waals surface area contributed by atoms with Gasteiger partial charge < -0.3 is 9.53 Å². The molecule has 0 radical (unpaired) electrons. The maximum Gasteiger partial charge on any atom is 0.133 e. The monoisotopic (exact) mass is 141 g/mol. The zero-order valence-electron chi connectivity index (χ0n) is 5.88. The minimum absolute atomic E-state index is 0.461. The predicted molar refractivity (Wildman–Crippen MR) is 35.8 cm³/mol. The van der Waals surface area contributed by atoms with Crippen molar-refractivity contribution in [3.8, 4) is 0 Å². The van der Waals surface area contributed by atoms with Gasteiger partial charge in [-0.05, 0) is 0 Å². The van der Waals surface area contributed by atoms with Crippen molar-refractivity contribution in [2.45, 2.75) is 0 Å². The fraction of sp³-hybridized carbons (Fsp3) is 0.857. The van der Waals surface area contributed by atoms with Crippen LogP contribution >= 0.6 is 0 Å². The molecule has 0 aliphatic carbocycles. The maximum atomic E-state index is 10.1. The van der Waals surface area contributed by atoms with Crippen LogP contribution in [-0.2, 0) is 9.53 Å². The average Bonchev–Trinajstić information content (AvgIpc) is 1.72. The highest BCUT2D eigenvalue weighted by atomic mass is 16.5. The molecule has 0 aromatic rings. The van der Waals surface area contributed by atoms with Crippen molar-refractivity contribution in [3.05, 3.63) is 0 Å². The van der Waals surface area contributed by atoms with Gasteiger partial charge in [0, 0.05) is 18.5 Å². The molecule has 2 rings (SSSR count). The normalized spacial score (nSPS) is 29.2. The first kappa shape index (κ1) is 6.31. The first-order valence-electron chi connectivity index (χ1n) is 3.58. The molecule has 56 valence electrons. The van der Waals surface area contributed by atoms with E-state index in [1.54, 1.807) is 0 Å². The molecule has 0 atom stereocenters. The van der Waals surface area contributed by atoms with Crippen molar-refractivity contribution in [3.63, 3.8) is 0 Å². The predicted octanol–water partition coefficient (Wildman–Crippen LogP) is -0.482. The summed E-state index contributed by atoms with van der Waals surface area (Å²) < 4.78 is 5.09. The summed E-state index contributed by atoms with van der Waals surface area (Å²) in [6.45, 7) is 4.53. The number of hydrogen-bond acceptors (Lipinski definition) is 3. The van der Waals surface area contributed by atoms with Crippen LogP contribution < -0.4 is 0 Å². The Morgan fingerprint density at radius 3 is 2.60 bits per heavy atom. The van der Waals surface area contributed by atoms with Gasteiger partial charge in [0.25, 0.3) is 0 Å². The fourth-order valence-electron chi connectivity index (χ4n) is 1.71. The van der Waals surface area contributed by atoms with E-state index >= 15 is 0 Å². The second-order valence-electron chi connectivity index (χ2n) is 3.33. The van der Waals surface area contributed by atoms with Gasteiger partial charge in [-0.15, -0.1) is 0 Å². The van der Waals surface area contributed by atoms with Gasteiger partial charge in [0.2, 0.25) is 0 Å². The summed E-state index contributed by atoms with van der Waals surface area (Å²) in [6, 6.07) is 0. The minimum atomic E-state index is 0.461. The molecule has 2 aliphatic rings. The largest absolute Gasteiger partial charge is 0.380 e. The third kappa shape index (κ3) is 0.777. The zero-order chi connectivity index (χ0) is 7.03. The Labute approximate surface area is 60.0 Å². The lowest BCUT2D eigenvalue weighted by atomic mass is 9.78. The van der Waals surface area contributed by atoms with Crippen molar-refractivity contribution >= 4 is 6.29 Å². The molecule has 2 heterocycles. The third-order valence-corrected chi connectivity index (χ3v) is 2.27. The topological polar surface area (TPSA) is 29.5 Å². The molecule has 0 aromatic carbocycles. The van der Waals surface area contributed by atoms with E-state index in [1.807, 2.05) is 0 Å². The van der Waals surface area contributed by atoms with Crippen LogP contribution in [0.15, 0.2) is 0 Å². The molecule has 0 unspecified atom stereocenters. The minimum Gasteiger partial charge on any atom is -0.380 e. The highest BCUT2D eigenvalue weighted by molar-refractivity contribution is 5.52. The highest BCUT2D eigenvalue weighted by Gasteiger charge is 2.48. The highest BCUT2D eigenvalue weighted by Crippen LogP contribution is 2.36. The van der Waals surface area contributed by atoms with E-state index in [-0.39, 0.29) is 0 Å². The van der Waals surface area contributed by atoms with Gasteiger partial charge in [-0.25, -0.2) is 0 Å². The van der Waals surface area contributed by atoms with Crippen LogP contribution in [-0.4, -0.2) is 44.0 Å². The van der Waals surface area contributed by atoms with E-state index < -0.39 is 0 Å². The Morgan fingerprint density at radius 2 is 2.20 bits per heavy atom. The van der Waals surface area contributed by atoms with Crippen molar-refractivity contribution in [1.82, 2.24) is 4.90 Å². The summed E-state index contributed by atoms with van der Waals surface area (Å²) >= 11 is 0. The fourth-order valence-corrected chi connectivity index (χ4v) is 1.71. The second-order valence-corrected chi connectivity index (χ2v) is 3.33. The summed E-state index contributed by atoms with van der Waals surface area (Å²) in [5, 5.41) is 0. The zero-order valence-corrected chi connectivity index (χ0v) is 5.88. The molecule has 10 heavy (non-hydrogen) atoms. The lowest BCUT2D eigenvalue weighted by molar-refractivity contribution is -0.187. The number of hydrogen-bond donors (Lipinski definition) is 0. The lowest BCUT2D eigenvalue weighted by Gasteiger charge is -2.54. The average molecular weight is 141 g/mol. The Hall–Kier alpha value is -0.410. The van der Waals surface area contributed by atoms with Crippen LogP contribution in [0, 0.1) is 5.41 Å². The van der Waals surface area contributed by atoms with Crippen LogP contribution in [0.3, 0.4) is 0 Å². The number of likely N-dealkylation sites (tertiary alicyclic amines) is 1. The maximum absolute atomic E-state index is 10.1. The van der Waals surface area contributed by atoms with Gasteiger partial charge in [-0.2, -0.15) is 0 Å². The molecule has 3 heteroatoms. The summed E-state index contributed by atoms with van der Waals surface area (Å²) in [5.41, 5.74) is 0.461. The standard InChI is InChI=1S/C7H11NO2/c9-2-1-8-3-7(4-8)5-10-6-7/h2H,1,3-6H2. The van der Waals surface area contributed by atoms with Gasteiger partial charge >= 0.3 is 0 Å². The van der Waals surface area contributed by atoms with E-state index in [1.165, 1.54) is 0 Å². The van der Waals surface area contributed by atoms with E-state index in [4.69, 9.17) is 4.74 Å². The summed E-state index contributed by atoms with van der Waals surface area (Å²) in [7, 11) is 0. The van der Waals surface area contributed by atoms with E-state index in [0.717, 1.165) is 32.6 Å². The van der Waals surface area contributed by atoms with Crippen molar-refractivity contribution in [2.24, 2.45) is 5.41 Å². The molecule has 0 N–H and O–H groups in total. The van der Waals surface area contributed by atoms with Gasteiger partial charge in [-0.3, -0.25) is 4.90 Å². The van der Waals surface area contributed by atoms with Crippen molar-refractivity contribution in [1.29, 1.82) is 0 Å². The Bertz CT molecular complexity index is 146. The molecule has 1 spiro atoms. The quantitative estimate of drug-likeness (QED) is 0.486. The SMILES string of the molecule is O=CCN1CC2(COC2)C1. The molecule has 0 amide bonds. The Morgan fingerprint density at radius 1 is 1.50 bits per heavy atom. The Kier molecular flexibility index (Phi) is 1.28. The first-order chi connectivity index (χ1) is 4.85. The first-order valence-corrected chi connectivity index (χ1v) is 3.58. The second kappa shape index (κ2) is 2.04. The van der Waals surface area contributed by atoms with Crippen LogP contribution in [0.4, 0.5) is 0 Å². The number of carbonyl (C=O) groups excluding carboxylic acids is 1. The number of rotatable bonds is 2. The van der Waals surface area contributed by atoms with E-state index in [0.29, 0.717) is 12.0 Å². The van der Waals surface area contributed by atoms with E-state index in [2.05, 4.69) is 4.90 Å². The molecule has 2 aliphatic heterocycles. The molecule has 2 saturated heterocycles. The van der Waals surface area contributed by atoms with Crippen LogP contribution in [0.5, 0.6) is 0 Å². The van der Waals surface area contributed by atoms with Crippen molar-refractivity contribution in [2.75, 3.05) is 32.8 Å². The summed E-state index contributed by atoms with van der Waals surface area (Å²) in [4.78, 5) is 12.2. The summed E-state index contributed by atoms with van der Waals surface area (Å²) in [5.74, 6) is 0. The molecule has 0 saturated carbocycles. The lowest BCUT2D eigenvalue weighted by Crippen LogP contribution is -2.65. The number of nitrogens with zero attached hydrogens (tertiary/aromatic N) is 1. The molecule has 0 aromatic heterocycles. The summed E-state index contributed by atoms with van der Waals surface area (Å²) in [6.07, 6.45) is 0.965. The third-order valence-electron chi connectivity index (χ3n) is 2.27. The van der Waals surface area contributed by atoms with Crippen LogP contribution in [0.2, 0.25) is 0 Å².